The highest BCUT2D eigenvalue weighted by atomic mass is 16.6. The lowest BCUT2D eigenvalue weighted by atomic mass is 10.0. The minimum Gasteiger partial charge on any atom is -0.442 e. The number of nitrogens with one attached hydrogen (secondary N) is 1. The van der Waals surface area contributed by atoms with E-state index < -0.39 is 6.09 Å². The monoisotopic (exact) mass is 331 g/mol. The van der Waals surface area contributed by atoms with Gasteiger partial charge < -0.3 is 15.0 Å². The predicted molar refractivity (Wildman–Crippen MR) is 87.8 cm³/mol. The van der Waals surface area contributed by atoms with Crippen molar-refractivity contribution in [1.82, 2.24) is 10.2 Å². The van der Waals surface area contributed by atoms with E-state index in [1.807, 2.05) is 18.2 Å². The zero-order valence-electron chi connectivity index (χ0n) is 13.7. The summed E-state index contributed by atoms with van der Waals surface area (Å²) in [5.74, 6) is -0.144. The van der Waals surface area contributed by atoms with Crippen LogP contribution in [0.3, 0.4) is 0 Å². The number of hydrogen-bond donors (Lipinski definition) is 1. The summed E-state index contributed by atoms with van der Waals surface area (Å²) in [4.78, 5) is 37.4. The second kappa shape index (κ2) is 6.90. The summed E-state index contributed by atoms with van der Waals surface area (Å²) in [6.45, 7) is 3.58. The first-order chi connectivity index (χ1) is 11.6. The normalized spacial score (nSPS) is 20.2. The summed E-state index contributed by atoms with van der Waals surface area (Å²) in [6.07, 6.45) is 1.75. The third-order valence-corrected chi connectivity index (χ3v) is 4.44. The maximum Gasteiger partial charge on any atom is 0.414 e. The van der Waals surface area contributed by atoms with Crippen molar-refractivity contribution in [2.75, 3.05) is 31.1 Å². The van der Waals surface area contributed by atoms with Crippen molar-refractivity contribution in [3.63, 3.8) is 0 Å². The molecule has 0 aromatic heterocycles. The number of amides is 3. The molecule has 7 nitrogen and oxygen atoms in total. The van der Waals surface area contributed by atoms with E-state index >= 15 is 0 Å². The van der Waals surface area contributed by atoms with Gasteiger partial charge in [0.2, 0.25) is 12.3 Å². The molecule has 2 aliphatic rings. The molecule has 2 aliphatic heterocycles. The molecule has 3 rings (SSSR count). The maximum absolute atomic E-state index is 12.1. The summed E-state index contributed by atoms with van der Waals surface area (Å²) in [6, 6.07) is 5.94. The number of benzene rings is 1. The molecule has 3 amide bonds. The number of hydrogen-bond acceptors (Lipinski definition) is 4. The molecule has 0 spiro atoms. The molecule has 0 unspecified atom stereocenters. The summed E-state index contributed by atoms with van der Waals surface area (Å²) in [5.41, 5.74) is 3.17. The lowest BCUT2D eigenvalue weighted by Gasteiger charge is -2.16. The maximum atomic E-state index is 12.1. The van der Waals surface area contributed by atoms with Crippen LogP contribution in [0.4, 0.5) is 10.5 Å². The number of carbonyl (C=O) groups is 3. The predicted octanol–water partition coefficient (Wildman–Crippen LogP) is 0.705. The molecule has 0 saturated carbocycles. The second-order valence-corrected chi connectivity index (χ2v) is 6.15. The fraction of sp³-hybridized carbons (Fsp3) is 0.471. The highest BCUT2D eigenvalue weighted by Crippen LogP contribution is 2.26. The molecule has 24 heavy (non-hydrogen) atoms. The summed E-state index contributed by atoms with van der Waals surface area (Å²) in [7, 11) is 0. The molecule has 2 heterocycles. The van der Waals surface area contributed by atoms with E-state index in [0.29, 0.717) is 19.6 Å². The topological polar surface area (TPSA) is 79.0 Å². The third kappa shape index (κ3) is 3.50. The van der Waals surface area contributed by atoms with Gasteiger partial charge in [0.15, 0.2) is 0 Å². The molecule has 7 heteroatoms. The Morgan fingerprint density at radius 2 is 2.08 bits per heavy atom. The van der Waals surface area contributed by atoms with Crippen LogP contribution in [0.15, 0.2) is 18.2 Å². The molecule has 0 radical (unpaired) electrons. The van der Waals surface area contributed by atoms with Gasteiger partial charge in [-0.15, -0.1) is 0 Å². The largest absolute Gasteiger partial charge is 0.442 e. The number of nitrogens with zero attached hydrogens (tertiary/aromatic N) is 2. The van der Waals surface area contributed by atoms with Crippen molar-refractivity contribution in [3.8, 4) is 0 Å². The van der Waals surface area contributed by atoms with Crippen LogP contribution in [0.1, 0.15) is 18.1 Å². The third-order valence-electron chi connectivity index (χ3n) is 4.44. The van der Waals surface area contributed by atoms with Crippen LogP contribution < -0.4 is 10.2 Å². The van der Waals surface area contributed by atoms with E-state index in [1.54, 1.807) is 9.80 Å². The number of fused-ring (bicyclic) bond motifs is 1. The number of anilines is 1. The van der Waals surface area contributed by atoms with Crippen LogP contribution in [0.5, 0.6) is 0 Å². The molecule has 128 valence electrons. The number of ether oxygens (including phenoxy) is 1. The standard InChI is InChI=1S/C17H21N3O4/c1-12(22)18-9-16-10-20(17(23)24-16)15-3-2-13-4-6-19(11-21)7-5-14(13)8-15/h2-3,8,11,16H,4-7,9-10H2,1H3,(H,18,22)/t16-/m0/s1. The van der Waals surface area contributed by atoms with Crippen molar-refractivity contribution >= 4 is 24.1 Å². The Morgan fingerprint density at radius 3 is 2.79 bits per heavy atom. The van der Waals surface area contributed by atoms with Crippen molar-refractivity contribution in [1.29, 1.82) is 0 Å². The molecule has 1 saturated heterocycles. The minimum atomic E-state index is -0.395. The molecule has 1 fully saturated rings. The fourth-order valence-corrected chi connectivity index (χ4v) is 3.10. The van der Waals surface area contributed by atoms with Gasteiger partial charge in [0.1, 0.15) is 6.10 Å². The Hall–Kier alpha value is -2.57. The van der Waals surface area contributed by atoms with Crippen LogP contribution in [-0.2, 0) is 27.2 Å². The molecule has 1 N–H and O–H groups in total. The Bertz CT molecular complexity index is 661. The van der Waals surface area contributed by atoms with E-state index in [9.17, 15) is 14.4 Å². The number of carbonyl (C=O) groups excluding carboxylic acids is 3. The van der Waals surface area contributed by atoms with Gasteiger partial charge in [0.05, 0.1) is 13.1 Å². The average molecular weight is 331 g/mol. The summed E-state index contributed by atoms with van der Waals surface area (Å²) < 4.78 is 5.30. The summed E-state index contributed by atoms with van der Waals surface area (Å²) >= 11 is 0. The summed E-state index contributed by atoms with van der Waals surface area (Å²) in [5, 5.41) is 2.67. The first kappa shape index (κ1) is 16.3. The van der Waals surface area contributed by atoms with Gasteiger partial charge in [-0.3, -0.25) is 14.5 Å². The highest BCUT2D eigenvalue weighted by molar-refractivity contribution is 5.90. The fourth-order valence-electron chi connectivity index (χ4n) is 3.10. The number of rotatable bonds is 4. The SMILES string of the molecule is CC(=O)NC[C@H]1CN(c2ccc3c(c2)CCN(C=O)CC3)C(=O)O1. The van der Waals surface area contributed by atoms with Gasteiger partial charge >= 0.3 is 6.09 Å². The lowest BCUT2D eigenvalue weighted by molar-refractivity contribution is -0.119. The smallest absolute Gasteiger partial charge is 0.414 e. The van der Waals surface area contributed by atoms with Gasteiger partial charge in [-0.05, 0) is 36.1 Å². The Kier molecular flexibility index (Phi) is 4.69. The van der Waals surface area contributed by atoms with Gasteiger partial charge in [-0.25, -0.2) is 4.79 Å². The zero-order chi connectivity index (χ0) is 17.1. The highest BCUT2D eigenvalue weighted by Gasteiger charge is 2.32. The van der Waals surface area contributed by atoms with E-state index in [4.69, 9.17) is 4.74 Å². The number of cyclic esters (lactones) is 1. The van der Waals surface area contributed by atoms with Crippen molar-refractivity contribution < 1.29 is 19.1 Å². The van der Waals surface area contributed by atoms with Gasteiger partial charge in [0, 0.05) is 25.7 Å². The van der Waals surface area contributed by atoms with Crippen molar-refractivity contribution in [2.45, 2.75) is 25.9 Å². The Balaban J connectivity index is 1.72. The molecular weight excluding hydrogens is 310 g/mol. The second-order valence-electron chi connectivity index (χ2n) is 6.15. The van der Waals surface area contributed by atoms with E-state index in [-0.39, 0.29) is 12.0 Å². The van der Waals surface area contributed by atoms with Crippen LogP contribution in [0.25, 0.3) is 0 Å². The molecule has 1 aromatic rings. The van der Waals surface area contributed by atoms with Gasteiger partial charge in [0.25, 0.3) is 0 Å². The zero-order valence-corrected chi connectivity index (χ0v) is 13.7. The Labute approximate surface area is 140 Å². The first-order valence-corrected chi connectivity index (χ1v) is 8.10. The van der Waals surface area contributed by atoms with Gasteiger partial charge in [-0.1, -0.05) is 6.07 Å². The van der Waals surface area contributed by atoms with Crippen LogP contribution in [0.2, 0.25) is 0 Å². The quantitative estimate of drug-likeness (QED) is 0.824. The first-order valence-electron chi connectivity index (χ1n) is 8.10. The molecular formula is C17H21N3O4. The van der Waals surface area contributed by atoms with Crippen molar-refractivity contribution in [2.24, 2.45) is 0 Å². The van der Waals surface area contributed by atoms with Crippen LogP contribution >= 0.6 is 0 Å². The lowest BCUT2D eigenvalue weighted by Crippen LogP contribution is -2.33. The van der Waals surface area contributed by atoms with E-state index in [0.717, 1.165) is 37.0 Å². The minimum absolute atomic E-state index is 0.144. The van der Waals surface area contributed by atoms with Crippen LogP contribution in [-0.4, -0.2) is 55.6 Å². The van der Waals surface area contributed by atoms with Gasteiger partial charge in [-0.2, -0.15) is 0 Å². The molecule has 1 aromatic carbocycles. The van der Waals surface area contributed by atoms with Crippen LogP contribution in [0, 0.1) is 0 Å². The molecule has 1 atom stereocenters. The van der Waals surface area contributed by atoms with E-state index in [1.165, 1.54) is 12.5 Å². The molecule has 0 bridgehead atoms. The van der Waals surface area contributed by atoms with Crippen molar-refractivity contribution in [3.05, 3.63) is 29.3 Å². The molecule has 0 aliphatic carbocycles. The van der Waals surface area contributed by atoms with E-state index in [2.05, 4.69) is 5.32 Å². The Morgan fingerprint density at radius 1 is 1.33 bits per heavy atom. The average Bonchev–Trinajstić information content (AvgIpc) is 2.81.